The van der Waals surface area contributed by atoms with Gasteiger partial charge in [-0.05, 0) is 37.1 Å². The number of benzene rings is 1. The summed E-state index contributed by atoms with van der Waals surface area (Å²) in [7, 11) is -2.11. The summed E-state index contributed by atoms with van der Waals surface area (Å²) in [4.78, 5) is 24.6. The second kappa shape index (κ2) is 5.04. The van der Waals surface area contributed by atoms with Crippen molar-refractivity contribution in [2.75, 3.05) is 25.0 Å². The van der Waals surface area contributed by atoms with E-state index in [0.29, 0.717) is 11.3 Å². The molecule has 1 amide bonds. The molecule has 0 aliphatic carbocycles. The van der Waals surface area contributed by atoms with Crippen molar-refractivity contribution in [1.29, 1.82) is 0 Å². The highest BCUT2D eigenvalue weighted by Gasteiger charge is 2.45. The molecule has 0 aromatic heterocycles. The summed E-state index contributed by atoms with van der Waals surface area (Å²) in [6.07, 6.45) is 0.468. The number of hydrogen-bond donors (Lipinski definition) is 1. The van der Waals surface area contributed by atoms with Crippen molar-refractivity contribution in [3.63, 3.8) is 0 Å². The average Bonchev–Trinajstić information content (AvgIpc) is 3.02. The second-order valence-electron chi connectivity index (χ2n) is 6.37. The van der Waals surface area contributed by atoms with Crippen LogP contribution in [0.2, 0.25) is 0 Å². The molecule has 2 heterocycles. The number of hydrogen-bond acceptors (Lipinski definition) is 4. The SMILES string of the molecule is CN1C(=O)Cc2cc(S(=O)(=O)N3CCC(C)(C(=O)O)C3)ccc21. The number of carbonyl (C=O) groups excluding carboxylic acids is 1. The smallest absolute Gasteiger partial charge is 0.310 e. The number of fused-ring (bicyclic) bond motifs is 1. The summed E-state index contributed by atoms with van der Waals surface area (Å²) in [5, 5.41) is 9.25. The maximum Gasteiger partial charge on any atom is 0.310 e. The summed E-state index contributed by atoms with van der Waals surface area (Å²) < 4.78 is 26.7. The van der Waals surface area contributed by atoms with Gasteiger partial charge in [0.15, 0.2) is 0 Å². The minimum Gasteiger partial charge on any atom is -0.481 e. The van der Waals surface area contributed by atoms with E-state index >= 15 is 0 Å². The number of carboxylic acids is 1. The van der Waals surface area contributed by atoms with Gasteiger partial charge < -0.3 is 10.0 Å². The number of carboxylic acid groups (broad SMARTS) is 1. The Hall–Kier alpha value is -1.93. The number of likely N-dealkylation sites (N-methyl/N-ethyl adjacent to an activating group) is 1. The molecule has 23 heavy (non-hydrogen) atoms. The highest BCUT2D eigenvalue weighted by Crippen LogP contribution is 2.35. The van der Waals surface area contributed by atoms with Gasteiger partial charge in [0.1, 0.15) is 0 Å². The lowest BCUT2D eigenvalue weighted by atomic mass is 9.90. The van der Waals surface area contributed by atoms with Crippen molar-refractivity contribution in [3.05, 3.63) is 23.8 Å². The molecule has 1 atom stereocenters. The van der Waals surface area contributed by atoms with E-state index in [0.717, 1.165) is 0 Å². The molecule has 0 radical (unpaired) electrons. The van der Waals surface area contributed by atoms with E-state index in [2.05, 4.69) is 0 Å². The average molecular weight is 338 g/mol. The molecule has 1 aromatic rings. The van der Waals surface area contributed by atoms with Gasteiger partial charge in [-0.2, -0.15) is 4.31 Å². The van der Waals surface area contributed by atoms with Crippen molar-refractivity contribution in [1.82, 2.24) is 4.31 Å². The molecule has 0 bridgehead atoms. The van der Waals surface area contributed by atoms with Crippen LogP contribution in [-0.4, -0.2) is 49.8 Å². The van der Waals surface area contributed by atoms with E-state index in [9.17, 15) is 23.1 Å². The minimum atomic E-state index is -3.76. The van der Waals surface area contributed by atoms with Crippen LogP contribution in [0.15, 0.2) is 23.1 Å². The Morgan fingerprint density at radius 3 is 2.65 bits per heavy atom. The van der Waals surface area contributed by atoms with Crippen LogP contribution < -0.4 is 4.90 Å². The molecule has 1 unspecified atom stereocenters. The Kier molecular flexibility index (Phi) is 3.49. The van der Waals surface area contributed by atoms with E-state index < -0.39 is 21.4 Å². The monoisotopic (exact) mass is 338 g/mol. The molecular weight excluding hydrogens is 320 g/mol. The minimum absolute atomic E-state index is 0.0411. The van der Waals surface area contributed by atoms with Crippen LogP contribution in [0.4, 0.5) is 5.69 Å². The molecule has 0 spiro atoms. The molecule has 7 nitrogen and oxygen atoms in total. The summed E-state index contributed by atoms with van der Waals surface area (Å²) >= 11 is 0. The molecule has 0 saturated carbocycles. The van der Waals surface area contributed by atoms with Crippen molar-refractivity contribution in [2.24, 2.45) is 5.41 Å². The summed E-state index contributed by atoms with van der Waals surface area (Å²) in [6.45, 7) is 1.70. The maximum atomic E-state index is 12.7. The number of carbonyl (C=O) groups is 2. The van der Waals surface area contributed by atoms with Gasteiger partial charge in [-0.25, -0.2) is 8.42 Å². The van der Waals surface area contributed by atoms with Gasteiger partial charge in [-0.15, -0.1) is 0 Å². The van der Waals surface area contributed by atoms with Crippen molar-refractivity contribution < 1.29 is 23.1 Å². The van der Waals surface area contributed by atoms with Gasteiger partial charge in [0.05, 0.1) is 16.7 Å². The molecule has 1 aromatic carbocycles. The topological polar surface area (TPSA) is 95.0 Å². The third kappa shape index (κ3) is 2.42. The number of aliphatic carboxylic acids is 1. The van der Waals surface area contributed by atoms with Crippen LogP contribution >= 0.6 is 0 Å². The van der Waals surface area contributed by atoms with Gasteiger partial charge in [-0.1, -0.05) is 0 Å². The molecule has 2 aliphatic rings. The van der Waals surface area contributed by atoms with Crippen molar-refractivity contribution in [3.8, 4) is 0 Å². The zero-order valence-electron chi connectivity index (χ0n) is 12.9. The third-order valence-corrected chi connectivity index (χ3v) is 6.56. The van der Waals surface area contributed by atoms with Crippen LogP contribution in [0.1, 0.15) is 18.9 Å². The second-order valence-corrected chi connectivity index (χ2v) is 8.31. The Bertz CT molecular complexity index is 804. The van der Waals surface area contributed by atoms with Crippen LogP contribution in [0, 0.1) is 5.41 Å². The number of sulfonamides is 1. The number of anilines is 1. The summed E-state index contributed by atoms with van der Waals surface area (Å²) in [5.74, 6) is -1.06. The first-order valence-electron chi connectivity index (χ1n) is 7.28. The van der Waals surface area contributed by atoms with Gasteiger partial charge in [0, 0.05) is 25.8 Å². The van der Waals surface area contributed by atoms with Crippen LogP contribution in [0.3, 0.4) is 0 Å². The van der Waals surface area contributed by atoms with Crippen LogP contribution in [-0.2, 0) is 26.0 Å². The third-order valence-electron chi connectivity index (χ3n) is 4.72. The van der Waals surface area contributed by atoms with Gasteiger partial charge in [0.25, 0.3) is 0 Å². The van der Waals surface area contributed by atoms with Gasteiger partial charge in [0.2, 0.25) is 15.9 Å². The fraction of sp³-hybridized carbons (Fsp3) is 0.467. The first kappa shape index (κ1) is 15.9. The highest BCUT2D eigenvalue weighted by atomic mass is 32.2. The Morgan fingerprint density at radius 1 is 1.35 bits per heavy atom. The molecule has 8 heteroatoms. The quantitative estimate of drug-likeness (QED) is 0.875. The molecule has 1 N–H and O–H groups in total. The van der Waals surface area contributed by atoms with Gasteiger partial charge in [-0.3, -0.25) is 9.59 Å². The van der Waals surface area contributed by atoms with E-state index in [4.69, 9.17) is 0 Å². The summed E-state index contributed by atoms with van der Waals surface area (Å²) in [6, 6.07) is 4.61. The molecule has 124 valence electrons. The normalized spacial score (nSPS) is 25.0. The fourth-order valence-electron chi connectivity index (χ4n) is 3.05. The first-order chi connectivity index (χ1) is 10.6. The molecule has 1 fully saturated rings. The van der Waals surface area contributed by atoms with E-state index in [1.807, 2.05) is 0 Å². The largest absolute Gasteiger partial charge is 0.481 e. The van der Waals surface area contributed by atoms with Crippen LogP contribution in [0.5, 0.6) is 0 Å². The standard InChI is InChI=1S/C15H18N2O5S/c1-15(14(19)20)5-6-17(9-15)23(21,22)11-3-4-12-10(7-11)8-13(18)16(12)2/h3-4,7H,5-6,8-9H2,1-2H3,(H,19,20). The maximum absolute atomic E-state index is 12.7. The Morgan fingerprint density at radius 2 is 2.04 bits per heavy atom. The zero-order chi connectivity index (χ0) is 17.0. The molecule has 2 aliphatic heterocycles. The highest BCUT2D eigenvalue weighted by molar-refractivity contribution is 7.89. The number of nitrogens with zero attached hydrogens (tertiary/aromatic N) is 2. The lowest BCUT2D eigenvalue weighted by molar-refractivity contribution is -0.146. The van der Waals surface area contributed by atoms with E-state index in [1.54, 1.807) is 20.0 Å². The molecule has 3 rings (SSSR count). The zero-order valence-corrected chi connectivity index (χ0v) is 13.8. The number of amides is 1. The Balaban J connectivity index is 1.92. The van der Waals surface area contributed by atoms with E-state index in [-0.39, 0.29) is 36.7 Å². The molecule has 1 saturated heterocycles. The fourth-order valence-corrected chi connectivity index (χ4v) is 4.67. The lowest BCUT2D eigenvalue weighted by Crippen LogP contribution is -2.34. The lowest BCUT2D eigenvalue weighted by Gasteiger charge is -2.20. The van der Waals surface area contributed by atoms with Gasteiger partial charge >= 0.3 is 5.97 Å². The predicted molar refractivity (Wildman–Crippen MR) is 82.7 cm³/mol. The van der Waals surface area contributed by atoms with Crippen molar-refractivity contribution in [2.45, 2.75) is 24.7 Å². The molecular formula is C15H18N2O5S. The number of rotatable bonds is 3. The van der Waals surface area contributed by atoms with Crippen LogP contribution in [0.25, 0.3) is 0 Å². The van der Waals surface area contributed by atoms with Crippen molar-refractivity contribution >= 4 is 27.6 Å². The first-order valence-corrected chi connectivity index (χ1v) is 8.72. The summed E-state index contributed by atoms with van der Waals surface area (Å²) in [5.41, 5.74) is 0.337. The van der Waals surface area contributed by atoms with E-state index in [1.165, 1.54) is 21.3 Å². The Labute approximate surface area is 134 Å². The predicted octanol–water partition coefficient (Wildman–Crippen LogP) is 0.691.